The van der Waals surface area contributed by atoms with Crippen LogP contribution < -0.4 is 0 Å². The van der Waals surface area contributed by atoms with Crippen LogP contribution in [0.25, 0.3) is 0 Å². The largest absolute Gasteiger partial charge is 0.297 e. The fourth-order valence-corrected chi connectivity index (χ4v) is 2.80. The van der Waals surface area contributed by atoms with E-state index >= 15 is 0 Å². The van der Waals surface area contributed by atoms with Gasteiger partial charge in [0.2, 0.25) is 0 Å². The van der Waals surface area contributed by atoms with Crippen LogP contribution in [0, 0.1) is 6.92 Å². The van der Waals surface area contributed by atoms with Crippen molar-refractivity contribution in [1.29, 1.82) is 0 Å². The maximum atomic E-state index is 12.0. The van der Waals surface area contributed by atoms with Crippen molar-refractivity contribution in [2.75, 3.05) is 0 Å². The van der Waals surface area contributed by atoms with E-state index in [4.69, 9.17) is 27.4 Å². The highest BCUT2D eigenvalue weighted by Crippen LogP contribution is 2.21. The van der Waals surface area contributed by atoms with E-state index in [-0.39, 0.29) is 10.3 Å². The Morgan fingerprint density at radius 3 is 2.06 bits per heavy atom. The van der Waals surface area contributed by atoms with Crippen LogP contribution in [0.1, 0.15) is 19.4 Å². The number of halogens is 2. The summed E-state index contributed by atoms with van der Waals surface area (Å²) in [7, 11) is -3.80. The summed E-state index contributed by atoms with van der Waals surface area (Å²) in [5.74, 6) is 0. The zero-order valence-corrected chi connectivity index (χ0v) is 12.8. The fourth-order valence-electron chi connectivity index (χ4n) is 1.39. The minimum absolute atomic E-state index is 0.117. The number of aryl methyl sites for hydroxylation is 1. The van der Waals surface area contributed by atoms with Gasteiger partial charge in [-0.15, -0.1) is 23.2 Å². The molecule has 0 aliphatic heterocycles. The zero-order chi connectivity index (χ0) is 13.9. The molecule has 3 atom stereocenters. The predicted molar refractivity (Wildman–Crippen MR) is 73.9 cm³/mol. The van der Waals surface area contributed by atoms with Crippen LogP contribution in [-0.2, 0) is 14.3 Å². The summed E-state index contributed by atoms with van der Waals surface area (Å²) in [6.45, 7) is 5.16. The molecule has 0 saturated heterocycles. The predicted octanol–water partition coefficient (Wildman–Crippen LogP) is 3.32. The van der Waals surface area contributed by atoms with Crippen LogP contribution in [0.15, 0.2) is 29.2 Å². The number of alkyl halides is 2. The third-order valence-corrected chi connectivity index (χ3v) is 5.02. The third-order valence-electron chi connectivity index (χ3n) is 2.48. The fraction of sp³-hybridized carbons (Fsp3) is 0.500. The molecule has 0 N–H and O–H groups in total. The summed E-state index contributed by atoms with van der Waals surface area (Å²) in [6.07, 6.45) is -0.689. The van der Waals surface area contributed by atoms with Crippen LogP contribution >= 0.6 is 23.2 Å². The highest BCUT2D eigenvalue weighted by atomic mass is 35.5. The van der Waals surface area contributed by atoms with Gasteiger partial charge < -0.3 is 0 Å². The average Bonchev–Trinajstić information content (AvgIpc) is 2.27. The Hall–Kier alpha value is -0.290. The van der Waals surface area contributed by atoms with E-state index in [1.54, 1.807) is 26.0 Å². The normalized spacial score (nSPS) is 17.2. The summed E-state index contributed by atoms with van der Waals surface area (Å²) in [5.41, 5.74) is 0.978. The third kappa shape index (κ3) is 4.12. The summed E-state index contributed by atoms with van der Waals surface area (Å²) in [6, 6.07) is 6.43. The number of rotatable bonds is 5. The van der Waals surface area contributed by atoms with Crippen molar-refractivity contribution < 1.29 is 12.6 Å². The number of hydrogen-bond donors (Lipinski definition) is 0. The Balaban J connectivity index is 2.85. The molecule has 6 heteroatoms. The zero-order valence-electron chi connectivity index (χ0n) is 10.4. The van der Waals surface area contributed by atoms with Crippen molar-refractivity contribution in [1.82, 2.24) is 0 Å². The SMILES string of the molecule is Cc1ccc(S(=O)(=O)O[C@@H](C)[C@H](Cl)[C@@H](C)Cl)cc1. The molecule has 0 aliphatic carbocycles. The molecule has 0 heterocycles. The molecule has 0 bridgehead atoms. The van der Waals surface area contributed by atoms with E-state index in [2.05, 4.69) is 0 Å². The average molecular weight is 311 g/mol. The van der Waals surface area contributed by atoms with Gasteiger partial charge in [0.05, 0.1) is 16.4 Å². The number of benzene rings is 1. The molecule has 1 rings (SSSR count). The lowest BCUT2D eigenvalue weighted by molar-refractivity contribution is 0.222. The van der Waals surface area contributed by atoms with Gasteiger partial charge in [0, 0.05) is 5.38 Å². The molecule has 1 aromatic rings. The van der Waals surface area contributed by atoms with E-state index in [0.717, 1.165) is 5.56 Å². The van der Waals surface area contributed by atoms with Crippen LogP contribution in [0.4, 0.5) is 0 Å². The molecule has 0 spiro atoms. The molecule has 102 valence electrons. The molecule has 3 nitrogen and oxygen atoms in total. The van der Waals surface area contributed by atoms with Gasteiger partial charge in [0.15, 0.2) is 0 Å². The van der Waals surface area contributed by atoms with Gasteiger partial charge in [-0.3, -0.25) is 4.18 Å². The van der Waals surface area contributed by atoms with Gasteiger partial charge >= 0.3 is 0 Å². The summed E-state index contributed by atoms with van der Waals surface area (Å²) < 4.78 is 29.0. The van der Waals surface area contributed by atoms with Crippen LogP contribution in [0.5, 0.6) is 0 Å². The standard InChI is InChI=1S/C12H16Cl2O3S/c1-8-4-6-11(7-5-8)18(15,16)17-10(3)12(14)9(2)13/h4-7,9-10,12H,1-3H3/t9-,10+,12-/m1/s1. The van der Waals surface area contributed by atoms with Crippen LogP contribution in [0.2, 0.25) is 0 Å². The second-order valence-corrected chi connectivity index (χ2v) is 6.95. The Morgan fingerprint density at radius 2 is 1.61 bits per heavy atom. The second kappa shape index (κ2) is 6.24. The molecule has 0 saturated carbocycles. The van der Waals surface area contributed by atoms with E-state index in [0.29, 0.717) is 0 Å². The first-order valence-corrected chi connectivity index (χ1v) is 7.80. The van der Waals surface area contributed by atoms with E-state index in [1.165, 1.54) is 12.1 Å². The van der Waals surface area contributed by atoms with Gasteiger partial charge in [0.25, 0.3) is 10.1 Å². The van der Waals surface area contributed by atoms with Crippen LogP contribution in [-0.4, -0.2) is 25.3 Å². The molecule has 1 aromatic carbocycles. The van der Waals surface area contributed by atoms with Gasteiger partial charge in [0.1, 0.15) is 0 Å². The molecule has 0 aromatic heterocycles. The van der Waals surface area contributed by atoms with Gasteiger partial charge in [-0.1, -0.05) is 17.7 Å². The van der Waals surface area contributed by atoms with Crippen molar-refractivity contribution in [3.8, 4) is 0 Å². The first-order valence-electron chi connectivity index (χ1n) is 5.52. The lowest BCUT2D eigenvalue weighted by Crippen LogP contribution is -2.30. The van der Waals surface area contributed by atoms with Gasteiger partial charge in [-0.25, -0.2) is 0 Å². The molecule has 0 radical (unpaired) electrons. The summed E-state index contributed by atoms with van der Waals surface area (Å²) in [4.78, 5) is 0.117. The molecule has 0 aliphatic rings. The Kier molecular flexibility index (Phi) is 5.46. The van der Waals surface area contributed by atoms with Gasteiger partial charge in [-0.05, 0) is 32.9 Å². The molecular weight excluding hydrogens is 295 g/mol. The molecule has 18 heavy (non-hydrogen) atoms. The Morgan fingerprint density at radius 1 is 1.11 bits per heavy atom. The molecule has 0 fully saturated rings. The summed E-state index contributed by atoms with van der Waals surface area (Å²) in [5, 5.41) is -0.957. The Labute approximate surface area is 118 Å². The van der Waals surface area contributed by atoms with Gasteiger partial charge in [-0.2, -0.15) is 8.42 Å². The van der Waals surface area contributed by atoms with Crippen molar-refractivity contribution in [2.24, 2.45) is 0 Å². The maximum Gasteiger partial charge on any atom is 0.297 e. The minimum Gasteiger partial charge on any atom is -0.262 e. The topological polar surface area (TPSA) is 43.4 Å². The first kappa shape index (κ1) is 15.8. The van der Waals surface area contributed by atoms with Crippen molar-refractivity contribution in [3.63, 3.8) is 0 Å². The smallest absolute Gasteiger partial charge is 0.262 e. The minimum atomic E-state index is -3.80. The monoisotopic (exact) mass is 310 g/mol. The van der Waals surface area contributed by atoms with Crippen molar-refractivity contribution >= 4 is 33.3 Å². The summed E-state index contributed by atoms with van der Waals surface area (Å²) >= 11 is 11.8. The van der Waals surface area contributed by atoms with Crippen molar-refractivity contribution in [2.45, 2.75) is 42.5 Å². The van der Waals surface area contributed by atoms with E-state index in [1.807, 2.05) is 6.92 Å². The molecule has 0 unspecified atom stereocenters. The first-order chi connectivity index (χ1) is 8.24. The Bertz CT molecular complexity index is 483. The number of hydrogen-bond acceptors (Lipinski definition) is 3. The molecule has 0 amide bonds. The lowest BCUT2D eigenvalue weighted by atomic mass is 10.2. The van der Waals surface area contributed by atoms with Crippen LogP contribution in [0.3, 0.4) is 0 Å². The maximum absolute atomic E-state index is 12.0. The van der Waals surface area contributed by atoms with E-state index < -0.39 is 21.6 Å². The quantitative estimate of drug-likeness (QED) is 0.619. The lowest BCUT2D eigenvalue weighted by Gasteiger charge is -2.20. The molecular formula is C12H16Cl2O3S. The van der Waals surface area contributed by atoms with E-state index in [9.17, 15) is 8.42 Å². The highest BCUT2D eigenvalue weighted by Gasteiger charge is 2.26. The van der Waals surface area contributed by atoms with Crippen molar-refractivity contribution in [3.05, 3.63) is 29.8 Å². The highest BCUT2D eigenvalue weighted by molar-refractivity contribution is 7.86. The second-order valence-electron chi connectivity index (χ2n) is 4.19.